The third-order valence-corrected chi connectivity index (χ3v) is 3.49. The van der Waals surface area contributed by atoms with Gasteiger partial charge >= 0.3 is 0 Å². The Hall–Kier alpha value is -1.66. The van der Waals surface area contributed by atoms with Crippen LogP contribution in [0.15, 0.2) is 34.9 Å². The van der Waals surface area contributed by atoms with E-state index >= 15 is 0 Å². The molecule has 2 N–H and O–H groups in total. The molecule has 1 heterocycles. The summed E-state index contributed by atoms with van der Waals surface area (Å²) in [7, 11) is 0. The molecule has 0 spiro atoms. The average molecular weight is 370 g/mol. The minimum absolute atomic E-state index is 0.100. The summed E-state index contributed by atoms with van der Waals surface area (Å²) in [6.45, 7) is 2.99. The highest BCUT2D eigenvalue weighted by atomic mass is 79.9. The van der Waals surface area contributed by atoms with E-state index in [0.29, 0.717) is 24.5 Å². The van der Waals surface area contributed by atoms with Crippen LogP contribution in [-0.4, -0.2) is 29.0 Å². The van der Waals surface area contributed by atoms with Gasteiger partial charge in [-0.2, -0.15) is 4.98 Å². The zero-order valence-electron chi connectivity index (χ0n) is 11.4. The number of carbonyl (C=O) groups excluding carboxylic acids is 1. The third-order valence-electron chi connectivity index (χ3n) is 2.73. The van der Waals surface area contributed by atoms with Crippen molar-refractivity contribution in [2.45, 2.75) is 6.92 Å². The fourth-order valence-corrected chi connectivity index (χ4v) is 2.10. The van der Waals surface area contributed by atoms with E-state index in [2.05, 4.69) is 36.5 Å². The van der Waals surface area contributed by atoms with Crippen molar-refractivity contribution in [2.75, 3.05) is 18.4 Å². The van der Waals surface area contributed by atoms with Crippen LogP contribution in [0.1, 0.15) is 15.9 Å². The van der Waals surface area contributed by atoms with Crippen molar-refractivity contribution in [2.24, 2.45) is 0 Å². The molecule has 110 valence electrons. The van der Waals surface area contributed by atoms with Gasteiger partial charge in [0.15, 0.2) is 0 Å². The van der Waals surface area contributed by atoms with Gasteiger partial charge in [0.05, 0.1) is 4.47 Å². The van der Waals surface area contributed by atoms with Gasteiger partial charge in [0.2, 0.25) is 5.28 Å². The van der Waals surface area contributed by atoms with Crippen molar-refractivity contribution >= 4 is 39.3 Å². The molecule has 0 saturated carbocycles. The number of nitrogens with one attached hydrogen (secondary N) is 2. The van der Waals surface area contributed by atoms with Gasteiger partial charge in [-0.15, -0.1) is 0 Å². The van der Waals surface area contributed by atoms with Gasteiger partial charge in [-0.3, -0.25) is 4.79 Å². The number of aromatic nitrogens is 2. The molecule has 7 heteroatoms. The zero-order valence-corrected chi connectivity index (χ0v) is 13.7. The largest absolute Gasteiger partial charge is 0.367 e. The van der Waals surface area contributed by atoms with Crippen LogP contribution in [0.25, 0.3) is 0 Å². The van der Waals surface area contributed by atoms with Crippen molar-refractivity contribution in [1.29, 1.82) is 0 Å². The summed E-state index contributed by atoms with van der Waals surface area (Å²) < 4.78 is 0.719. The predicted octanol–water partition coefficient (Wildman–Crippen LogP) is 3.04. The van der Waals surface area contributed by atoms with Crippen LogP contribution >= 0.6 is 27.5 Å². The van der Waals surface area contributed by atoms with Crippen LogP contribution in [0.5, 0.6) is 0 Å². The van der Waals surface area contributed by atoms with E-state index in [1.54, 1.807) is 18.3 Å². The van der Waals surface area contributed by atoms with Crippen LogP contribution in [0.4, 0.5) is 5.82 Å². The Kier molecular flexibility index (Phi) is 5.52. The van der Waals surface area contributed by atoms with E-state index in [9.17, 15) is 4.79 Å². The Balaban J connectivity index is 1.80. The molecule has 0 fully saturated rings. The average Bonchev–Trinajstić information content (AvgIpc) is 2.47. The van der Waals surface area contributed by atoms with Gasteiger partial charge in [0.25, 0.3) is 5.91 Å². The van der Waals surface area contributed by atoms with Crippen molar-refractivity contribution < 1.29 is 4.79 Å². The molecule has 1 amide bonds. The quantitative estimate of drug-likeness (QED) is 0.628. The van der Waals surface area contributed by atoms with Crippen LogP contribution in [0.2, 0.25) is 5.28 Å². The summed E-state index contributed by atoms with van der Waals surface area (Å²) in [5, 5.41) is 6.07. The Morgan fingerprint density at radius 3 is 2.71 bits per heavy atom. The van der Waals surface area contributed by atoms with E-state index < -0.39 is 0 Å². The highest BCUT2D eigenvalue weighted by Gasteiger charge is 2.05. The van der Waals surface area contributed by atoms with Crippen molar-refractivity contribution in [3.63, 3.8) is 0 Å². The maximum Gasteiger partial charge on any atom is 0.251 e. The minimum Gasteiger partial charge on any atom is -0.367 e. The van der Waals surface area contributed by atoms with E-state index in [0.717, 1.165) is 10.0 Å². The van der Waals surface area contributed by atoms with Crippen molar-refractivity contribution in [3.05, 3.63) is 51.3 Å². The number of rotatable bonds is 5. The lowest BCUT2D eigenvalue weighted by molar-refractivity contribution is 0.0955. The van der Waals surface area contributed by atoms with Crippen LogP contribution in [0.3, 0.4) is 0 Å². The highest BCUT2D eigenvalue weighted by Crippen LogP contribution is 2.19. The summed E-state index contributed by atoms with van der Waals surface area (Å²) in [5.41, 5.74) is 1.77. The number of carbonyl (C=O) groups is 1. The number of amides is 1. The Morgan fingerprint density at radius 1 is 1.29 bits per heavy atom. The standard InChI is InChI=1S/C14H14BrClN4O/c1-9-2-4-10(5-3-9)13(21)18-7-6-17-12-11(15)8-19-14(16)20-12/h2-5,8H,6-7H2,1H3,(H,18,21)(H,17,19,20). The van der Waals surface area contributed by atoms with Crippen LogP contribution in [-0.2, 0) is 0 Å². The topological polar surface area (TPSA) is 66.9 Å². The zero-order chi connectivity index (χ0) is 15.2. The smallest absolute Gasteiger partial charge is 0.251 e. The molecule has 0 bridgehead atoms. The number of benzene rings is 1. The molecule has 5 nitrogen and oxygen atoms in total. The summed E-state index contributed by atoms with van der Waals surface area (Å²) in [6.07, 6.45) is 1.57. The number of aryl methyl sites for hydroxylation is 1. The molecule has 21 heavy (non-hydrogen) atoms. The molecule has 0 unspecified atom stereocenters. The number of hydrogen-bond acceptors (Lipinski definition) is 4. The molecule has 0 aliphatic rings. The fraction of sp³-hybridized carbons (Fsp3) is 0.214. The molecular formula is C14H14BrClN4O. The van der Waals surface area contributed by atoms with Crippen LogP contribution < -0.4 is 10.6 Å². The second-order valence-corrected chi connectivity index (χ2v) is 5.58. The molecular weight excluding hydrogens is 356 g/mol. The molecule has 0 aliphatic heterocycles. The monoisotopic (exact) mass is 368 g/mol. The summed E-state index contributed by atoms with van der Waals surface area (Å²) >= 11 is 9.04. The number of nitrogens with zero attached hydrogens (tertiary/aromatic N) is 2. The Labute approximate surface area is 136 Å². The fourth-order valence-electron chi connectivity index (χ4n) is 1.63. The first-order valence-corrected chi connectivity index (χ1v) is 7.50. The number of halogens is 2. The highest BCUT2D eigenvalue weighted by molar-refractivity contribution is 9.10. The van der Waals surface area contributed by atoms with Crippen LogP contribution in [0, 0.1) is 6.92 Å². The first-order valence-electron chi connectivity index (χ1n) is 6.33. The van der Waals surface area contributed by atoms with Gasteiger partial charge in [-0.05, 0) is 46.6 Å². The van der Waals surface area contributed by atoms with Crippen molar-refractivity contribution in [1.82, 2.24) is 15.3 Å². The summed E-state index contributed by atoms with van der Waals surface area (Å²) in [5.74, 6) is 0.496. The Morgan fingerprint density at radius 2 is 2.00 bits per heavy atom. The van der Waals surface area contributed by atoms with Gasteiger partial charge in [0.1, 0.15) is 5.82 Å². The normalized spacial score (nSPS) is 10.2. The lowest BCUT2D eigenvalue weighted by Crippen LogP contribution is -2.28. The lowest BCUT2D eigenvalue weighted by atomic mass is 10.1. The SMILES string of the molecule is Cc1ccc(C(=O)NCCNc2nc(Cl)ncc2Br)cc1. The van der Waals surface area contributed by atoms with E-state index in [1.807, 2.05) is 19.1 Å². The van der Waals surface area contributed by atoms with Gasteiger partial charge in [-0.1, -0.05) is 17.7 Å². The summed E-state index contributed by atoms with van der Waals surface area (Å²) in [4.78, 5) is 19.8. The van der Waals surface area contributed by atoms with Gasteiger partial charge < -0.3 is 10.6 Å². The first kappa shape index (κ1) is 15.7. The predicted molar refractivity (Wildman–Crippen MR) is 86.7 cm³/mol. The minimum atomic E-state index is -0.100. The van der Waals surface area contributed by atoms with E-state index in [4.69, 9.17) is 11.6 Å². The Bertz CT molecular complexity index is 633. The summed E-state index contributed by atoms with van der Waals surface area (Å²) in [6, 6.07) is 7.43. The number of hydrogen-bond donors (Lipinski definition) is 2. The van der Waals surface area contributed by atoms with Gasteiger partial charge in [0, 0.05) is 24.8 Å². The van der Waals surface area contributed by atoms with E-state index in [-0.39, 0.29) is 11.2 Å². The maximum absolute atomic E-state index is 11.9. The maximum atomic E-state index is 11.9. The first-order chi connectivity index (χ1) is 10.1. The molecule has 2 rings (SSSR count). The molecule has 0 radical (unpaired) electrons. The lowest BCUT2D eigenvalue weighted by Gasteiger charge is -2.09. The van der Waals surface area contributed by atoms with Crippen molar-refractivity contribution in [3.8, 4) is 0 Å². The molecule has 1 aromatic carbocycles. The van der Waals surface area contributed by atoms with E-state index in [1.165, 1.54) is 0 Å². The molecule has 0 saturated heterocycles. The second-order valence-electron chi connectivity index (χ2n) is 4.38. The molecule has 0 aliphatic carbocycles. The second kappa shape index (κ2) is 7.38. The number of anilines is 1. The molecule has 0 atom stereocenters. The molecule has 1 aromatic heterocycles. The molecule has 2 aromatic rings. The van der Waals surface area contributed by atoms with Gasteiger partial charge in [-0.25, -0.2) is 4.98 Å². The third kappa shape index (κ3) is 4.68.